The number of likely N-dealkylation sites (tertiary alicyclic amines) is 1. The maximum atomic E-state index is 13.6. The first-order valence-corrected chi connectivity index (χ1v) is 12.1. The number of nitrogens with zero attached hydrogens (tertiary/aromatic N) is 3. The van der Waals surface area contributed by atoms with E-state index in [1.165, 1.54) is 9.47 Å². The molecule has 2 amide bonds. The summed E-state index contributed by atoms with van der Waals surface area (Å²) in [5, 5.41) is 0. The number of amides is 2. The van der Waals surface area contributed by atoms with Crippen LogP contribution in [0.1, 0.15) is 61.9 Å². The predicted molar refractivity (Wildman–Crippen MR) is 133 cm³/mol. The molecule has 1 aromatic carbocycles. The van der Waals surface area contributed by atoms with Crippen LogP contribution in [0, 0.1) is 12.8 Å². The highest BCUT2D eigenvalue weighted by molar-refractivity contribution is 5.98. The summed E-state index contributed by atoms with van der Waals surface area (Å²) in [6, 6.07) is 7.48. The van der Waals surface area contributed by atoms with Crippen molar-refractivity contribution in [3.63, 3.8) is 0 Å². The molecule has 1 aliphatic rings. The number of aryl methyl sites for hydroxylation is 1. The van der Waals surface area contributed by atoms with Gasteiger partial charge in [0, 0.05) is 37.7 Å². The molecule has 9 heteroatoms. The average Bonchev–Trinajstić information content (AvgIpc) is 2.83. The molecule has 0 spiro atoms. The van der Waals surface area contributed by atoms with Gasteiger partial charge in [-0.3, -0.25) is 23.9 Å². The van der Waals surface area contributed by atoms with Gasteiger partial charge in [-0.25, -0.2) is 4.79 Å². The number of nitrogens with one attached hydrogen (secondary N) is 1. The molecule has 0 radical (unpaired) electrons. The zero-order valence-corrected chi connectivity index (χ0v) is 20.3. The van der Waals surface area contributed by atoms with Crippen molar-refractivity contribution in [1.29, 1.82) is 0 Å². The smallest absolute Gasteiger partial charge is 0.330 e. The van der Waals surface area contributed by atoms with E-state index in [0.29, 0.717) is 57.4 Å². The molecule has 9 nitrogen and oxygen atoms in total. The maximum Gasteiger partial charge on any atom is 0.330 e. The summed E-state index contributed by atoms with van der Waals surface area (Å²) in [5.74, 6) is -0.523. The molecule has 1 aliphatic heterocycles. The first-order valence-electron chi connectivity index (χ1n) is 12.1. The summed E-state index contributed by atoms with van der Waals surface area (Å²) in [7, 11) is 0. The quantitative estimate of drug-likeness (QED) is 0.615. The molecule has 1 saturated heterocycles. The van der Waals surface area contributed by atoms with E-state index < -0.39 is 11.2 Å². The third-order valence-corrected chi connectivity index (χ3v) is 6.44. The lowest BCUT2D eigenvalue weighted by Gasteiger charge is -2.34. The van der Waals surface area contributed by atoms with Gasteiger partial charge in [-0.05, 0) is 44.2 Å². The lowest BCUT2D eigenvalue weighted by atomic mass is 9.94. The molecule has 1 aromatic heterocycles. The molecule has 1 fully saturated rings. The minimum Gasteiger partial charge on any atom is -0.383 e. The number of nitrogens with two attached hydrogens (primary N) is 1. The summed E-state index contributed by atoms with van der Waals surface area (Å²) >= 11 is 0. The number of rotatable bonds is 8. The zero-order chi connectivity index (χ0) is 24.8. The third kappa shape index (κ3) is 5.24. The van der Waals surface area contributed by atoms with Crippen LogP contribution in [-0.2, 0) is 11.3 Å². The van der Waals surface area contributed by atoms with Crippen LogP contribution in [0.15, 0.2) is 33.9 Å². The lowest BCUT2D eigenvalue weighted by molar-refractivity contribution is -0.123. The second kappa shape index (κ2) is 11.2. The number of aromatic nitrogens is 2. The second-order valence-corrected chi connectivity index (χ2v) is 8.87. The fourth-order valence-electron chi connectivity index (χ4n) is 4.47. The van der Waals surface area contributed by atoms with Crippen LogP contribution in [0.2, 0.25) is 0 Å². The number of H-pyrrole nitrogens is 1. The van der Waals surface area contributed by atoms with Gasteiger partial charge in [-0.15, -0.1) is 0 Å². The van der Waals surface area contributed by atoms with Gasteiger partial charge < -0.3 is 15.5 Å². The Morgan fingerprint density at radius 1 is 1.12 bits per heavy atom. The molecule has 2 heterocycles. The van der Waals surface area contributed by atoms with Crippen molar-refractivity contribution >= 4 is 23.3 Å². The minimum atomic E-state index is -0.647. The van der Waals surface area contributed by atoms with Crippen molar-refractivity contribution in [3.05, 3.63) is 56.2 Å². The molecule has 0 atom stereocenters. The maximum absolute atomic E-state index is 13.6. The molecule has 0 bridgehead atoms. The summed E-state index contributed by atoms with van der Waals surface area (Å²) < 4.78 is 1.31. The van der Waals surface area contributed by atoms with Crippen LogP contribution in [0.25, 0.3) is 0 Å². The fourth-order valence-corrected chi connectivity index (χ4v) is 4.47. The molecular weight excluding hydrogens is 434 g/mol. The molecule has 2 aromatic rings. The van der Waals surface area contributed by atoms with Crippen molar-refractivity contribution in [2.45, 2.75) is 59.4 Å². The Hall–Kier alpha value is -3.36. The first kappa shape index (κ1) is 25.3. The Morgan fingerprint density at radius 2 is 1.79 bits per heavy atom. The van der Waals surface area contributed by atoms with Gasteiger partial charge in [0.05, 0.1) is 0 Å². The van der Waals surface area contributed by atoms with Gasteiger partial charge in [-0.1, -0.05) is 38.5 Å². The Balaban J connectivity index is 1.82. The highest BCUT2D eigenvalue weighted by Gasteiger charge is 2.33. The van der Waals surface area contributed by atoms with Crippen LogP contribution in [0.5, 0.6) is 0 Å². The summed E-state index contributed by atoms with van der Waals surface area (Å²) in [6.45, 7) is 7.44. The molecule has 3 N–H and O–H groups in total. The van der Waals surface area contributed by atoms with E-state index in [-0.39, 0.29) is 29.2 Å². The Morgan fingerprint density at radius 3 is 2.41 bits per heavy atom. The highest BCUT2D eigenvalue weighted by atomic mass is 16.2. The van der Waals surface area contributed by atoms with Gasteiger partial charge in [0.2, 0.25) is 5.91 Å². The Bertz CT molecular complexity index is 1140. The van der Waals surface area contributed by atoms with Gasteiger partial charge in [0.25, 0.3) is 11.5 Å². The van der Waals surface area contributed by atoms with Gasteiger partial charge in [0.15, 0.2) is 5.69 Å². The number of nitrogen functional groups attached to an aromatic ring is 1. The monoisotopic (exact) mass is 469 g/mol. The van der Waals surface area contributed by atoms with Crippen LogP contribution >= 0.6 is 0 Å². The van der Waals surface area contributed by atoms with Gasteiger partial charge in [0.1, 0.15) is 5.82 Å². The van der Waals surface area contributed by atoms with Crippen molar-refractivity contribution in [1.82, 2.24) is 14.5 Å². The molecule has 0 aliphatic carbocycles. The van der Waals surface area contributed by atoms with E-state index in [1.807, 2.05) is 45.0 Å². The first-order chi connectivity index (χ1) is 16.3. The van der Waals surface area contributed by atoms with Crippen molar-refractivity contribution in [2.75, 3.05) is 30.3 Å². The molecule has 0 saturated carbocycles. The lowest BCUT2D eigenvalue weighted by Crippen LogP contribution is -2.47. The number of aromatic amines is 1. The Kier molecular flexibility index (Phi) is 8.31. The molecular formula is C25H35N5O4. The van der Waals surface area contributed by atoms with E-state index in [2.05, 4.69) is 4.98 Å². The normalized spacial score (nSPS) is 14.3. The van der Waals surface area contributed by atoms with E-state index >= 15 is 0 Å². The third-order valence-electron chi connectivity index (χ3n) is 6.44. The van der Waals surface area contributed by atoms with Crippen LogP contribution < -0.4 is 21.9 Å². The minimum absolute atomic E-state index is 0.0206. The zero-order valence-electron chi connectivity index (χ0n) is 20.3. The van der Waals surface area contributed by atoms with E-state index in [4.69, 9.17) is 5.73 Å². The molecule has 34 heavy (non-hydrogen) atoms. The number of benzene rings is 1. The van der Waals surface area contributed by atoms with E-state index in [1.54, 1.807) is 4.90 Å². The number of carbonyl (C=O) groups excluding carboxylic acids is 2. The highest BCUT2D eigenvalue weighted by Crippen LogP contribution is 2.26. The number of anilines is 2. The fraction of sp³-hybridized carbons (Fsp3) is 0.520. The van der Waals surface area contributed by atoms with Crippen LogP contribution in [-0.4, -0.2) is 45.9 Å². The molecule has 0 unspecified atom stereocenters. The number of hydrogen-bond acceptors (Lipinski definition) is 5. The number of carbonyl (C=O) groups is 2. The molecule has 3 rings (SSSR count). The van der Waals surface area contributed by atoms with Crippen LogP contribution in [0.3, 0.4) is 0 Å². The Labute approximate surface area is 199 Å². The number of piperidine rings is 1. The average molecular weight is 470 g/mol. The van der Waals surface area contributed by atoms with E-state index in [9.17, 15) is 19.2 Å². The summed E-state index contributed by atoms with van der Waals surface area (Å²) in [5.41, 5.74) is 6.68. The largest absolute Gasteiger partial charge is 0.383 e. The number of hydrogen-bond donors (Lipinski definition) is 2. The predicted octanol–water partition coefficient (Wildman–Crippen LogP) is 2.52. The standard InChI is InChI=1S/C25H35N5O4/c1-4-6-14-29(20-21(26)30(13-5-2)25(34)27-22(20)31)23(32)18-11-15-28(16-12-18)24(33)19-10-8-7-9-17(19)3/h7-10,18H,4-6,11-16,26H2,1-3H3,(H,27,31,34). The molecule has 184 valence electrons. The van der Waals surface area contributed by atoms with Crippen molar-refractivity contribution < 1.29 is 9.59 Å². The van der Waals surface area contributed by atoms with Crippen molar-refractivity contribution in [2.24, 2.45) is 5.92 Å². The van der Waals surface area contributed by atoms with Gasteiger partial charge >= 0.3 is 5.69 Å². The van der Waals surface area contributed by atoms with Gasteiger partial charge in [-0.2, -0.15) is 0 Å². The van der Waals surface area contributed by atoms with E-state index in [0.717, 1.165) is 12.0 Å². The topological polar surface area (TPSA) is 121 Å². The van der Waals surface area contributed by atoms with Crippen molar-refractivity contribution in [3.8, 4) is 0 Å². The second-order valence-electron chi connectivity index (χ2n) is 8.87. The summed E-state index contributed by atoms with van der Waals surface area (Å²) in [6.07, 6.45) is 3.20. The van der Waals surface area contributed by atoms with Crippen LogP contribution in [0.4, 0.5) is 11.5 Å². The SMILES string of the molecule is CCCCN(C(=O)C1CCN(C(=O)c2ccccc2C)CC1)c1c(N)n(CCC)c(=O)[nH]c1=O. The number of unbranched alkanes of at least 4 members (excludes halogenated alkanes) is 1. The summed E-state index contributed by atoms with van der Waals surface area (Å²) in [4.78, 5) is 57.1.